The Bertz CT molecular complexity index is 800. The lowest BCUT2D eigenvalue weighted by Gasteiger charge is -2.55. The van der Waals surface area contributed by atoms with Gasteiger partial charge in [-0.3, -0.25) is 19.3 Å². The Morgan fingerprint density at radius 2 is 1.77 bits per heavy atom. The molecule has 2 heterocycles. The average Bonchev–Trinajstić information content (AvgIpc) is 3.03. The summed E-state index contributed by atoms with van der Waals surface area (Å²) in [4.78, 5) is 39.3. The normalized spacial score (nSPS) is 29.0. The summed E-state index contributed by atoms with van der Waals surface area (Å²) in [6.07, 6.45) is 3.93. The van der Waals surface area contributed by atoms with Gasteiger partial charge in [-0.25, -0.2) is 0 Å². The van der Waals surface area contributed by atoms with E-state index in [1.54, 1.807) is 13.2 Å². The van der Waals surface area contributed by atoms with Crippen LogP contribution in [0.3, 0.4) is 0 Å². The van der Waals surface area contributed by atoms with Gasteiger partial charge in [-0.1, -0.05) is 18.6 Å². The minimum absolute atomic E-state index is 0. The maximum absolute atomic E-state index is 11.9. The van der Waals surface area contributed by atoms with Crippen LogP contribution in [0.25, 0.3) is 0 Å². The number of imide groups is 1. The zero-order valence-corrected chi connectivity index (χ0v) is 18.2. The number of hydrogen-bond acceptors (Lipinski definition) is 5. The molecular formula is C22H30ClN3O4. The molecule has 2 atom stereocenters. The number of benzene rings is 1. The second kappa shape index (κ2) is 9.04. The topological polar surface area (TPSA) is 92.9 Å². The summed E-state index contributed by atoms with van der Waals surface area (Å²) in [5.41, 5.74) is 6.61. The number of halogens is 1. The number of methoxy groups -OCH3 is 1. The molecule has 30 heavy (non-hydrogen) atoms. The SMILES string of the molecule is COC1(c2cccc(C(N)=O)c2)C2CCCC1CN(CCN1C(=O)CCC1=O)C2.Cl. The van der Waals surface area contributed by atoms with E-state index < -0.39 is 11.5 Å². The summed E-state index contributed by atoms with van der Waals surface area (Å²) >= 11 is 0. The van der Waals surface area contributed by atoms with E-state index in [1.165, 1.54) is 4.90 Å². The lowest BCUT2D eigenvalue weighted by Crippen LogP contribution is -2.59. The molecule has 7 nitrogen and oxygen atoms in total. The van der Waals surface area contributed by atoms with Gasteiger partial charge in [0.1, 0.15) is 5.60 Å². The standard InChI is InChI=1S/C22H29N3O4.ClH/c1-29-22(16-5-2-4-15(12-16)21(23)28)17-6-3-7-18(22)14-24(13-17)10-11-25-19(26)8-9-20(25)27;/h2,4-5,12,17-18H,3,6-11,13-14H2,1H3,(H2,23,28);1H. The Balaban J connectivity index is 0.00000256. The molecule has 0 spiro atoms. The highest BCUT2D eigenvalue weighted by molar-refractivity contribution is 6.01. The van der Waals surface area contributed by atoms with E-state index in [1.807, 2.05) is 18.2 Å². The zero-order valence-electron chi connectivity index (χ0n) is 17.3. The molecule has 4 rings (SSSR count). The summed E-state index contributed by atoms with van der Waals surface area (Å²) in [5.74, 6) is 0.0327. The van der Waals surface area contributed by atoms with E-state index in [9.17, 15) is 14.4 Å². The third-order valence-corrected chi connectivity index (χ3v) is 7.01. The van der Waals surface area contributed by atoms with E-state index in [-0.39, 0.29) is 36.1 Å². The average molecular weight is 436 g/mol. The van der Waals surface area contributed by atoms with Gasteiger partial charge in [0.25, 0.3) is 0 Å². The Kier molecular flexibility index (Phi) is 6.84. The van der Waals surface area contributed by atoms with Crippen LogP contribution in [0.1, 0.15) is 48.0 Å². The number of nitrogens with zero attached hydrogens (tertiary/aromatic N) is 2. The minimum atomic E-state index is -0.431. The van der Waals surface area contributed by atoms with Gasteiger partial charge in [0.15, 0.2) is 0 Å². The van der Waals surface area contributed by atoms with Gasteiger partial charge in [0.05, 0.1) is 0 Å². The van der Waals surface area contributed by atoms with Crippen LogP contribution in [-0.4, -0.2) is 60.8 Å². The summed E-state index contributed by atoms with van der Waals surface area (Å²) in [6.45, 7) is 2.86. The highest BCUT2D eigenvalue weighted by Crippen LogP contribution is 2.51. The molecule has 8 heteroatoms. The van der Waals surface area contributed by atoms with Crippen molar-refractivity contribution >= 4 is 30.1 Å². The van der Waals surface area contributed by atoms with Crippen LogP contribution in [0.15, 0.2) is 24.3 Å². The molecule has 2 saturated heterocycles. The number of amides is 3. The Morgan fingerprint density at radius 3 is 2.33 bits per heavy atom. The monoisotopic (exact) mass is 435 g/mol. The van der Waals surface area contributed by atoms with Crippen molar-refractivity contribution in [2.24, 2.45) is 17.6 Å². The first-order chi connectivity index (χ1) is 14.0. The number of carbonyl (C=O) groups excluding carboxylic acids is 3. The summed E-state index contributed by atoms with van der Waals surface area (Å²) < 4.78 is 6.23. The van der Waals surface area contributed by atoms with Crippen molar-refractivity contribution in [3.63, 3.8) is 0 Å². The van der Waals surface area contributed by atoms with Crippen molar-refractivity contribution < 1.29 is 19.1 Å². The first-order valence-electron chi connectivity index (χ1n) is 10.5. The van der Waals surface area contributed by atoms with Crippen LogP contribution in [0, 0.1) is 11.8 Å². The van der Waals surface area contributed by atoms with Gasteiger partial charge in [-0.05, 0) is 30.5 Å². The predicted molar refractivity (Wildman–Crippen MR) is 114 cm³/mol. The van der Waals surface area contributed by atoms with Crippen LogP contribution in [0.2, 0.25) is 0 Å². The molecule has 1 aromatic carbocycles. The number of rotatable bonds is 6. The number of primary amides is 1. The highest BCUT2D eigenvalue weighted by Gasteiger charge is 2.53. The van der Waals surface area contributed by atoms with Crippen LogP contribution in [-0.2, 0) is 19.9 Å². The van der Waals surface area contributed by atoms with Gasteiger partial charge in [0.2, 0.25) is 17.7 Å². The van der Waals surface area contributed by atoms with Crippen molar-refractivity contribution in [3.05, 3.63) is 35.4 Å². The van der Waals surface area contributed by atoms with E-state index in [0.717, 1.165) is 37.9 Å². The van der Waals surface area contributed by atoms with Gasteiger partial charge < -0.3 is 15.4 Å². The third kappa shape index (κ3) is 3.86. The molecule has 3 amide bonds. The van der Waals surface area contributed by atoms with E-state index in [2.05, 4.69) is 4.90 Å². The number of likely N-dealkylation sites (tertiary alicyclic amines) is 2. The lowest BCUT2D eigenvalue weighted by molar-refractivity contribution is -0.169. The van der Waals surface area contributed by atoms with Gasteiger partial charge in [0, 0.05) is 63.5 Å². The zero-order chi connectivity index (χ0) is 20.6. The van der Waals surface area contributed by atoms with E-state index >= 15 is 0 Å². The number of carbonyl (C=O) groups is 3. The molecule has 2 N–H and O–H groups in total. The summed E-state index contributed by atoms with van der Waals surface area (Å²) in [6, 6.07) is 7.54. The third-order valence-electron chi connectivity index (χ3n) is 7.01. The smallest absolute Gasteiger partial charge is 0.248 e. The van der Waals surface area contributed by atoms with Crippen molar-refractivity contribution in [1.29, 1.82) is 0 Å². The maximum atomic E-state index is 11.9. The van der Waals surface area contributed by atoms with Crippen molar-refractivity contribution in [3.8, 4) is 0 Å². The molecule has 2 bridgehead atoms. The minimum Gasteiger partial charge on any atom is -0.373 e. The van der Waals surface area contributed by atoms with Gasteiger partial charge in [-0.15, -0.1) is 12.4 Å². The molecule has 3 aliphatic rings. The first kappa shape index (κ1) is 22.7. The molecule has 2 unspecified atom stereocenters. The Hall–Kier alpha value is -1.96. The van der Waals surface area contributed by atoms with Crippen LogP contribution < -0.4 is 5.73 Å². The molecule has 3 fully saturated rings. The molecule has 2 aliphatic heterocycles. The van der Waals surface area contributed by atoms with Crippen molar-refractivity contribution in [2.75, 3.05) is 33.3 Å². The number of nitrogens with two attached hydrogens (primary N) is 1. The Labute approximate surface area is 183 Å². The Morgan fingerprint density at radius 1 is 1.13 bits per heavy atom. The van der Waals surface area contributed by atoms with Crippen LogP contribution in [0.4, 0.5) is 0 Å². The first-order valence-corrected chi connectivity index (χ1v) is 10.5. The van der Waals surface area contributed by atoms with Gasteiger partial charge >= 0.3 is 0 Å². The number of fused-ring (bicyclic) bond motifs is 2. The van der Waals surface area contributed by atoms with Crippen molar-refractivity contribution in [2.45, 2.75) is 37.7 Å². The lowest BCUT2D eigenvalue weighted by atomic mass is 9.62. The van der Waals surface area contributed by atoms with Crippen LogP contribution in [0.5, 0.6) is 0 Å². The maximum Gasteiger partial charge on any atom is 0.248 e. The van der Waals surface area contributed by atoms with E-state index in [4.69, 9.17) is 10.5 Å². The number of ether oxygens (including phenoxy) is 1. The van der Waals surface area contributed by atoms with Crippen molar-refractivity contribution in [1.82, 2.24) is 9.80 Å². The molecule has 0 aromatic heterocycles. The summed E-state index contributed by atoms with van der Waals surface area (Å²) in [7, 11) is 1.76. The molecule has 1 aliphatic carbocycles. The second-order valence-corrected chi connectivity index (χ2v) is 8.47. The number of piperidine rings is 1. The second-order valence-electron chi connectivity index (χ2n) is 8.47. The largest absolute Gasteiger partial charge is 0.373 e. The fraction of sp³-hybridized carbons (Fsp3) is 0.591. The number of hydrogen-bond donors (Lipinski definition) is 1. The van der Waals surface area contributed by atoms with E-state index in [0.29, 0.717) is 31.5 Å². The highest BCUT2D eigenvalue weighted by atomic mass is 35.5. The molecule has 0 radical (unpaired) electrons. The molecule has 1 aromatic rings. The molecular weight excluding hydrogens is 406 g/mol. The molecule has 1 saturated carbocycles. The fourth-order valence-corrected chi connectivity index (χ4v) is 5.66. The quantitative estimate of drug-likeness (QED) is 0.689. The van der Waals surface area contributed by atoms with Crippen LogP contribution >= 0.6 is 12.4 Å². The fourth-order valence-electron chi connectivity index (χ4n) is 5.66. The summed E-state index contributed by atoms with van der Waals surface area (Å²) in [5, 5.41) is 0. The van der Waals surface area contributed by atoms with Gasteiger partial charge in [-0.2, -0.15) is 0 Å². The predicted octanol–water partition coefficient (Wildman–Crippen LogP) is 1.93. The molecule has 164 valence electrons.